The summed E-state index contributed by atoms with van der Waals surface area (Å²) < 4.78 is 6.72. The van der Waals surface area contributed by atoms with Gasteiger partial charge in [0.1, 0.15) is 11.3 Å². The van der Waals surface area contributed by atoms with Crippen LogP contribution in [0.1, 0.15) is 10.4 Å². The van der Waals surface area contributed by atoms with Crippen LogP contribution in [0.3, 0.4) is 0 Å². The van der Waals surface area contributed by atoms with E-state index in [1.807, 2.05) is 18.2 Å². The number of carboxylic acid groups (broad SMARTS) is 1. The Kier molecular flexibility index (Phi) is 2.83. The predicted octanol–water partition coefficient (Wildman–Crippen LogP) is 2.10. The molecule has 0 saturated heterocycles. The van der Waals surface area contributed by atoms with E-state index in [0.29, 0.717) is 17.2 Å². The highest BCUT2D eigenvalue weighted by Crippen LogP contribution is 2.27. The molecule has 100 valence electrons. The second-order valence-corrected chi connectivity index (χ2v) is 4.13. The molecule has 6 nitrogen and oxygen atoms in total. The smallest absolute Gasteiger partial charge is 0.339 e. The zero-order valence-electron chi connectivity index (χ0n) is 10.6. The van der Waals surface area contributed by atoms with Gasteiger partial charge in [-0.1, -0.05) is 12.1 Å². The summed E-state index contributed by atoms with van der Waals surface area (Å²) in [5.41, 5.74) is 1.14. The van der Waals surface area contributed by atoms with Crippen molar-refractivity contribution in [1.29, 1.82) is 0 Å². The standard InChI is InChI=1S/C14H11N3O3/c1-20-11-7-3-2-5-9(11)12-15-13-10(14(18)19)6-4-8-17(13)16-12/h2-8H,1H3,(H,18,19). The lowest BCUT2D eigenvalue weighted by Crippen LogP contribution is -2.00. The van der Waals surface area contributed by atoms with Crippen LogP contribution in [0.2, 0.25) is 0 Å². The van der Waals surface area contributed by atoms with E-state index >= 15 is 0 Å². The van der Waals surface area contributed by atoms with Gasteiger partial charge in [0.2, 0.25) is 0 Å². The molecule has 20 heavy (non-hydrogen) atoms. The number of hydrogen-bond donors (Lipinski definition) is 1. The molecule has 0 fully saturated rings. The number of para-hydroxylation sites is 1. The number of ether oxygens (including phenoxy) is 1. The highest BCUT2D eigenvalue weighted by Gasteiger charge is 2.15. The van der Waals surface area contributed by atoms with E-state index in [1.54, 1.807) is 25.4 Å². The summed E-state index contributed by atoms with van der Waals surface area (Å²) in [6.07, 6.45) is 1.66. The van der Waals surface area contributed by atoms with Crippen LogP contribution in [0.5, 0.6) is 5.75 Å². The number of hydrogen-bond acceptors (Lipinski definition) is 4. The molecule has 0 aliphatic carbocycles. The second-order valence-electron chi connectivity index (χ2n) is 4.13. The van der Waals surface area contributed by atoms with Crippen LogP contribution in [-0.2, 0) is 0 Å². The Hall–Kier alpha value is -2.89. The molecule has 0 aliphatic rings. The van der Waals surface area contributed by atoms with Crippen LogP contribution in [0, 0.1) is 0 Å². The van der Waals surface area contributed by atoms with E-state index in [9.17, 15) is 4.79 Å². The zero-order chi connectivity index (χ0) is 14.1. The van der Waals surface area contributed by atoms with Crippen LogP contribution in [0.25, 0.3) is 17.0 Å². The van der Waals surface area contributed by atoms with Gasteiger partial charge >= 0.3 is 5.97 Å². The first-order valence-electron chi connectivity index (χ1n) is 5.93. The minimum absolute atomic E-state index is 0.112. The molecule has 0 spiro atoms. The van der Waals surface area contributed by atoms with Gasteiger partial charge in [0.25, 0.3) is 0 Å². The van der Waals surface area contributed by atoms with E-state index in [4.69, 9.17) is 9.84 Å². The highest BCUT2D eigenvalue weighted by molar-refractivity contribution is 5.94. The molecule has 0 unspecified atom stereocenters. The molecule has 0 bridgehead atoms. The number of aromatic nitrogens is 3. The number of nitrogens with zero attached hydrogens (tertiary/aromatic N) is 3. The number of pyridine rings is 1. The Bertz CT molecular complexity index is 795. The van der Waals surface area contributed by atoms with Crippen molar-refractivity contribution in [2.24, 2.45) is 0 Å². The Morgan fingerprint density at radius 2 is 2.05 bits per heavy atom. The molecule has 1 N–H and O–H groups in total. The molecular formula is C14H11N3O3. The fraction of sp³-hybridized carbons (Fsp3) is 0.0714. The quantitative estimate of drug-likeness (QED) is 0.788. The summed E-state index contributed by atoms with van der Waals surface area (Å²) in [5.74, 6) is 0.0333. The summed E-state index contributed by atoms with van der Waals surface area (Å²) in [4.78, 5) is 15.5. The van der Waals surface area contributed by atoms with E-state index < -0.39 is 5.97 Å². The molecule has 2 heterocycles. The molecule has 0 aliphatic heterocycles. The summed E-state index contributed by atoms with van der Waals surface area (Å²) >= 11 is 0. The summed E-state index contributed by atoms with van der Waals surface area (Å²) in [6.45, 7) is 0. The van der Waals surface area contributed by atoms with Gasteiger partial charge < -0.3 is 9.84 Å². The Labute approximate surface area is 114 Å². The molecule has 0 radical (unpaired) electrons. The monoisotopic (exact) mass is 269 g/mol. The number of rotatable bonds is 3. The molecule has 0 amide bonds. The van der Waals surface area contributed by atoms with Gasteiger partial charge in [-0.25, -0.2) is 14.3 Å². The average molecular weight is 269 g/mol. The van der Waals surface area contributed by atoms with Gasteiger partial charge in [-0.15, -0.1) is 5.10 Å². The van der Waals surface area contributed by atoms with Gasteiger partial charge in [-0.2, -0.15) is 0 Å². The van der Waals surface area contributed by atoms with Gasteiger partial charge in [-0.05, 0) is 24.3 Å². The zero-order valence-corrected chi connectivity index (χ0v) is 10.6. The lowest BCUT2D eigenvalue weighted by Gasteiger charge is -2.03. The van der Waals surface area contributed by atoms with Crippen LogP contribution >= 0.6 is 0 Å². The Morgan fingerprint density at radius 3 is 2.80 bits per heavy atom. The van der Waals surface area contributed by atoms with Gasteiger partial charge in [0.15, 0.2) is 11.5 Å². The van der Waals surface area contributed by atoms with E-state index in [2.05, 4.69) is 10.1 Å². The second kappa shape index (κ2) is 4.65. The summed E-state index contributed by atoms with van der Waals surface area (Å²) in [5, 5.41) is 13.5. The number of benzene rings is 1. The number of methoxy groups -OCH3 is 1. The number of fused-ring (bicyclic) bond motifs is 1. The first kappa shape index (κ1) is 12.2. The van der Waals surface area contributed by atoms with E-state index in [-0.39, 0.29) is 5.56 Å². The first-order chi connectivity index (χ1) is 9.70. The van der Waals surface area contributed by atoms with Crippen LogP contribution in [-0.4, -0.2) is 32.8 Å². The maximum atomic E-state index is 11.2. The SMILES string of the molecule is COc1ccccc1-c1nc2c(C(=O)O)cccn2n1. The fourth-order valence-electron chi connectivity index (χ4n) is 2.02. The Morgan fingerprint density at radius 1 is 1.25 bits per heavy atom. The average Bonchev–Trinajstić information content (AvgIpc) is 2.90. The fourth-order valence-corrected chi connectivity index (χ4v) is 2.02. The summed E-state index contributed by atoms with van der Waals surface area (Å²) in [7, 11) is 1.57. The minimum atomic E-state index is -1.03. The van der Waals surface area contributed by atoms with Crippen molar-refractivity contribution < 1.29 is 14.6 Å². The third kappa shape index (κ3) is 1.87. The van der Waals surface area contributed by atoms with Crippen molar-refractivity contribution in [1.82, 2.24) is 14.6 Å². The highest BCUT2D eigenvalue weighted by atomic mass is 16.5. The van der Waals surface area contributed by atoms with Crippen molar-refractivity contribution in [2.45, 2.75) is 0 Å². The van der Waals surface area contributed by atoms with Crippen LogP contribution < -0.4 is 4.74 Å². The first-order valence-corrected chi connectivity index (χ1v) is 5.93. The van der Waals surface area contributed by atoms with Crippen molar-refractivity contribution in [3.63, 3.8) is 0 Å². The lowest BCUT2D eigenvalue weighted by molar-refractivity contribution is 0.0698. The van der Waals surface area contributed by atoms with E-state index in [1.165, 1.54) is 10.6 Å². The number of carbonyl (C=O) groups is 1. The number of carboxylic acids is 1. The molecule has 0 atom stereocenters. The third-order valence-electron chi connectivity index (χ3n) is 2.94. The minimum Gasteiger partial charge on any atom is -0.496 e. The lowest BCUT2D eigenvalue weighted by atomic mass is 10.2. The van der Waals surface area contributed by atoms with Gasteiger partial charge in [0.05, 0.1) is 12.7 Å². The maximum absolute atomic E-state index is 11.2. The van der Waals surface area contributed by atoms with E-state index in [0.717, 1.165) is 5.56 Å². The molecular weight excluding hydrogens is 258 g/mol. The predicted molar refractivity (Wildman–Crippen MR) is 71.9 cm³/mol. The number of aromatic carboxylic acids is 1. The largest absolute Gasteiger partial charge is 0.496 e. The Balaban J connectivity index is 2.23. The maximum Gasteiger partial charge on any atom is 0.339 e. The molecule has 6 heteroatoms. The van der Waals surface area contributed by atoms with Crippen molar-refractivity contribution in [3.8, 4) is 17.1 Å². The topological polar surface area (TPSA) is 76.7 Å². The summed E-state index contributed by atoms with van der Waals surface area (Å²) in [6, 6.07) is 10.4. The molecule has 3 aromatic rings. The van der Waals surface area contributed by atoms with Crippen molar-refractivity contribution in [3.05, 3.63) is 48.2 Å². The van der Waals surface area contributed by atoms with Crippen LogP contribution in [0.15, 0.2) is 42.6 Å². The van der Waals surface area contributed by atoms with Crippen molar-refractivity contribution >= 4 is 11.6 Å². The molecule has 1 aromatic carbocycles. The van der Waals surface area contributed by atoms with Gasteiger partial charge in [0, 0.05) is 6.20 Å². The normalized spacial score (nSPS) is 10.7. The third-order valence-corrected chi connectivity index (χ3v) is 2.94. The van der Waals surface area contributed by atoms with Gasteiger partial charge in [-0.3, -0.25) is 0 Å². The van der Waals surface area contributed by atoms with Crippen LogP contribution in [0.4, 0.5) is 0 Å². The van der Waals surface area contributed by atoms with Crippen molar-refractivity contribution in [2.75, 3.05) is 7.11 Å². The molecule has 0 saturated carbocycles. The molecule has 2 aromatic heterocycles. The molecule has 3 rings (SSSR count).